The zero-order valence-corrected chi connectivity index (χ0v) is 18.7. The van der Waals surface area contributed by atoms with Gasteiger partial charge in [-0.05, 0) is 48.7 Å². The lowest BCUT2D eigenvalue weighted by molar-refractivity contribution is 0.101. The first-order valence-electron chi connectivity index (χ1n) is 10.1. The van der Waals surface area contributed by atoms with Crippen LogP contribution in [0.25, 0.3) is 10.9 Å². The molecule has 0 amide bonds. The van der Waals surface area contributed by atoms with Crippen LogP contribution in [0.15, 0.2) is 42.5 Å². The number of hydrogen-bond acceptors (Lipinski definition) is 5. The highest BCUT2D eigenvalue weighted by atomic mass is 32.2. The van der Waals surface area contributed by atoms with Crippen LogP contribution in [0.4, 0.5) is 0 Å². The van der Waals surface area contributed by atoms with Gasteiger partial charge in [0.15, 0.2) is 15.6 Å². The number of hydrogen-bond donors (Lipinski definition) is 0. The zero-order valence-electron chi connectivity index (χ0n) is 17.9. The fourth-order valence-corrected chi connectivity index (χ4v) is 4.20. The molecule has 0 saturated heterocycles. The number of methoxy groups -OCH3 is 1. The second-order valence-electron chi connectivity index (χ2n) is 7.50. The van der Waals surface area contributed by atoms with Crippen molar-refractivity contribution in [3.05, 3.63) is 59.5 Å². The summed E-state index contributed by atoms with van der Waals surface area (Å²) in [6, 6.07) is 13.3. The van der Waals surface area contributed by atoms with E-state index in [0.29, 0.717) is 18.2 Å². The summed E-state index contributed by atoms with van der Waals surface area (Å²) in [6.45, 7) is 6.37. The van der Waals surface area contributed by atoms with Crippen LogP contribution in [0.5, 0.6) is 5.75 Å². The molecule has 0 aliphatic rings. The fourth-order valence-electron chi connectivity index (χ4n) is 3.45. The summed E-state index contributed by atoms with van der Waals surface area (Å²) >= 11 is 0. The Labute approximate surface area is 177 Å². The summed E-state index contributed by atoms with van der Waals surface area (Å²) < 4.78 is 31.2. The number of rotatable bonds is 9. The minimum Gasteiger partial charge on any atom is -0.497 e. The summed E-state index contributed by atoms with van der Waals surface area (Å²) in [6.07, 6.45) is 0.994. The predicted molar refractivity (Wildman–Crippen MR) is 119 cm³/mol. The molecule has 0 radical (unpaired) electrons. The lowest BCUT2D eigenvalue weighted by atomic mass is 10.0. The molecule has 0 bridgehead atoms. The Balaban J connectivity index is 1.99. The van der Waals surface area contributed by atoms with Crippen molar-refractivity contribution < 1.29 is 17.9 Å². The van der Waals surface area contributed by atoms with Crippen LogP contribution in [0.2, 0.25) is 0 Å². The Hall–Kier alpha value is -2.67. The van der Waals surface area contributed by atoms with Crippen molar-refractivity contribution in [1.29, 1.82) is 0 Å². The van der Waals surface area contributed by atoms with E-state index in [9.17, 15) is 13.2 Å². The quantitative estimate of drug-likeness (QED) is 0.477. The maximum Gasteiger partial charge on any atom is 0.196 e. The highest BCUT2D eigenvalue weighted by molar-refractivity contribution is 7.92. The lowest BCUT2D eigenvalue weighted by Crippen LogP contribution is -2.19. The van der Waals surface area contributed by atoms with Gasteiger partial charge in [-0.3, -0.25) is 4.79 Å². The van der Waals surface area contributed by atoms with Crippen molar-refractivity contribution in [3.63, 3.8) is 0 Å². The molecule has 7 heteroatoms. The smallest absolute Gasteiger partial charge is 0.196 e. The summed E-state index contributed by atoms with van der Waals surface area (Å²) in [5.74, 6) is 0.115. The highest BCUT2D eigenvalue weighted by Gasteiger charge is 2.19. The number of carbonyl (C=O) groups excluding carboxylic acids is 1. The number of Topliss-reactive ketones (excluding diaryl/α,β-unsaturated/α-hetero) is 1. The topological polar surface area (TPSA) is 78.3 Å². The molecule has 0 N–H and O–H groups in total. The van der Waals surface area contributed by atoms with Gasteiger partial charge in [-0.15, -0.1) is 0 Å². The summed E-state index contributed by atoms with van der Waals surface area (Å²) in [4.78, 5) is 16.9. The summed E-state index contributed by atoms with van der Waals surface area (Å²) in [5, 5.41) is 1.09. The van der Waals surface area contributed by atoms with Crippen molar-refractivity contribution in [1.82, 2.24) is 9.55 Å². The third-order valence-corrected chi connectivity index (χ3v) is 7.04. The second kappa shape index (κ2) is 9.00. The first-order valence-corrected chi connectivity index (χ1v) is 12.0. The van der Waals surface area contributed by atoms with E-state index in [1.165, 1.54) is 12.6 Å². The average Bonchev–Trinajstić information content (AvgIpc) is 3.10. The third kappa shape index (κ3) is 4.73. The molecular weight excluding hydrogens is 400 g/mol. The number of ether oxygens (including phenoxy) is 1. The van der Waals surface area contributed by atoms with Crippen molar-refractivity contribution in [2.24, 2.45) is 0 Å². The SMILES string of the molecule is CCC(C)c1cc2cc(OC)ccc2n1Cc1cccc(C(=O)CS(=O)(=O)CC)n1. The van der Waals surface area contributed by atoms with Crippen LogP contribution in [-0.2, 0) is 16.4 Å². The minimum absolute atomic E-state index is 0.0600. The van der Waals surface area contributed by atoms with Crippen LogP contribution in [0, 0.1) is 0 Å². The van der Waals surface area contributed by atoms with E-state index in [0.717, 1.165) is 23.1 Å². The molecule has 2 heterocycles. The largest absolute Gasteiger partial charge is 0.497 e. The monoisotopic (exact) mass is 428 g/mol. The molecular formula is C23H28N2O4S. The minimum atomic E-state index is -3.39. The molecule has 0 saturated carbocycles. The molecule has 2 aromatic heterocycles. The van der Waals surface area contributed by atoms with E-state index in [-0.39, 0.29) is 11.4 Å². The van der Waals surface area contributed by atoms with Crippen LogP contribution >= 0.6 is 0 Å². The zero-order chi connectivity index (χ0) is 21.9. The van der Waals surface area contributed by atoms with Crippen molar-refractivity contribution >= 4 is 26.5 Å². The molecule has 1 aromatic carbocycles. The van der Waals surface area contributed by atoms with Gasteiger partial charge in [0.05, 0.1) is 19.3 Å². The maximum atomic E-state index is 12.4. The van der Waals surface area contributed by atoms with E-state index in [1.54, 1.807) is 19.2 Å². The van der Waals surface area contributed by atoms with Gasteiger partial charge in [0.25, 0.3) is 0 Å². The van der Waals surface area contributed by atoms with Gasteiger partial charge >= 0.3 is 0 Å². The molecule has 1 unspecified atom stereocenters. The number of carbonyl (C=O) groups is 1. The number of fused-ring (bicyclic) bond motifs is 1. The highest BCUT2D eigenvalue weighted by Crippen LogP contribution is 2.30. The molecule has 30 heavy (non-hydrogen) atoms. The average molecular weight is 429 g/mol. The molecule has 0 spiro atoms. The molecule has 0 aliphatic carbocycles. The van der Waals surface area contributed by atoms with E-state index in [2.05, 4.69) is 29.5 Å². The Bertz CT molecular complexity index is 1170. The molecule has 6 nitrogen and oxygen atoms in total. The van der Waals surface area contributed by atoms with Crippen LogP contribution in [0.1, 0.15) is 55.0 Å². The summed E-state index contributed by atoms with van der Waals surface area (Å²) in [7, 11) is -1.74. The fraction of sp³-hybridized carbons (Fsp3) is 0.391. The Morgan fingerprint density at radius 1 is 1.17 bits per heavy atom. The van der Waals surface area contributed by atoms with Crippen LogP contribution in [-0.4, -0.2) is 42.4 Å². The second-order valence-corrected chi connectivity index (χ2v) is 9.86. The third-order valence-electron chi connectivity index (χ3n) is 5.46. The van der Waals surface area contributed by atoms with Gasteiger partial charge < -0.3 is 9.30 Å². The van der Waals surface area contributed by atoms with E-state index < -0.39 is 21.4 Å². The van der Waals surface area contributed by atoms with Gasteiger partial charge in [0.2, 0.25) is 0 Å². The van der Waals surface area contributed by atoms with Gasteiger partial charge in [-0.2, -0.15) is 0 Å². The van der Waals surface area contributed by atoms with E-state index in [1.807, 2.05) is 24.3 Å². The van der Waals surface area contributed by atoms with Crippen molar-refractivity contribution in [3.8, 4) is 5.75 Å². The van der Waals surface area contributed by atoms with Gasteiger partial charge in [-0.1, -0.05) is 26.8 Å². The molecule has 1 atom stereocenters. The number of ketones is 1. The van der Waals surface area contributed by atoms with Crippen LogP contribution < -0.4 is 4.74 Å². The standard InChI is InChI=1S/C23H28N2O4S/c1-5-16(3)22-13-17-12-19(29-4)10-11-21(17)25(22)14-18-8-7-9-20(24-18)23(26)15-30(27,28)6-2/h7-13,16H,5-6,14-15H2,1-4H3. The molecule has 0 aliphatic heterocycles. The van der Waals surface area contributed by atoms with Crippen LogP contribution in [0.3, 0.4) is 0 Å². The molecule has 3 aromatic rings. The normalized spacial score (nSPS) is 12.8. The number of benzene rings is 1. The first-order chi connectivity index (χ1) is 14.3. The molecule has 3 rings (SSSR count). The Morgan fingerprint density at radius 2 is 1.93 bits per heavy atom. The summed E-state index contributed by atoms with van der Waals surface area (Å²) in [5.41, 5.74) is 3.16. The van der Waals surface area contributed by atoms with Crippen molar-refractivity contribution in [2.75, 3.05) is 18.6 Å². The van der Waals surface area contributed by atoms with Gasteiger partial charge in [0, 0.05) is 22.3 Å². The lowest BCUT2D eigenvalue weighted by Gasteiger charge is -2.15. The first kappa shape index (κ1) is 22.0. The van der Waals surface area contributed by atoms with Crippen molar-refractivity contribution in [2.45, 2.75) is 39.7 Å². The van der Waals surface area contributed by atoms with E-state index in [4.69, 9.17) is 4.74 Å². The Kier molecular flexibility index (Phi) is 6.61. The maximum absolute atomic E-state index is 12.4. The van der Waals surface area contributed by atoms with Gasteiger partial charge in [0.1, 0.15) is 17.2 Å². The number of pyridine rings is 1. The van der Waals surface area contributed by atoms with Gasteiger partial charge in [-0.25, -0.2) is 13.4 Å². The number of sulfone groups is 1. The Morgan fingerprint density at radius 3 is 2.60 bits per heavy atom. The number of nitrogens with zero attached hydrogens (tertiary/aromatic N) is 2. The molecule has 160 valence electrons. The molecule has 0 fully saturated rings. The number of aromatic nitrogens is 2. The predicted octanol–water partition coefficient (Wildman–Crippen LogP) is 4.22. The van der Waals surface area contributed by atoms with E-state index >= 15 is 0 Å².